The third-order valence-corrected chi connectivity index (χ3v) is 2.97. The lowest BCUT2D eigenvalue weighted by atomic mass is 10.2. The first kappa shape index (κ1) is 12.6. The minimum absolute atomic E-state index is 0.0362. The smallest absolute Gasteiger partial charge is 0.303 e. The van der Waals surface area contributed by atoms with Crippen LogP contribution in [-0.4, -0.2) is 25.8 Å². The molecule has 0 bridgehead atoms. The Morgan fingerprint density at radius 1 is 1.39 bits per heavy atom. The van der Waals surface area contributed by atoms with Crippen molar-refractivity contribution in [2.45, 2.75) is 12.8 Å². The number of aromatic nitrogens is 3. The number of rotatable bonds is 4. The molecular weight excluding hydrogens is 254 g/mol. The number of benzene rings is 1. The van der Waals surface area contributed by atoms with E-state index in [9.17, 15) is 4.79 Å². The molecule has 1 N–H and O–H groups in total. The molecule has 6 heteroatoms. The van der Waals surface area contributed by atoms with Crippen molar-refractivity contribution in [2.24, 2.45) is 7.05 Å². The molecule has 18 heavy (non-hydrogen) atoms. The molecule has 0 atom stereocenters. The summed E-state index contributed by atoms with van der Waals surface area (Å²) >= 11 is 6.09. The van der Waals surface area contributed by atoms with Gasteiger partial charge >= 0.3 is 5.97 Å². The van der Waals surface area contributed by atoms with Crippen LogP contribution < -0.4 is 0 Å². The Labute approximate surface area is 109 Å². The van der Waals surface area contributed by atoms with Gasteiger partial charge in [-0.1, -0.05) is 23.7 Å². The first-order valence-corrected chi connectivity index (χ1v) is 5.82. The number of carbonyl (C=O) groups is 1. The lowest BCUT2D eigenvalue weighted by Crippen LogP contribution is -2.04. The second kappa shape index (κ2) is 5.18. The number of halogens is 1. The molecule has 94 valence electrons. The van der Waals surface area contributed by atoms with Crippen LogP contribution in [0, 0.1) is 0 Å². The zero-order valence-corrected chi connectivity index (χ0v) is 10.6. The monoisotopic (exact) mass is 265 g/mol. The summed E-state index contributed by atoms with van der Waals surface area (Å²) in [5.74, 6) is 0.422. The summed E-state index contributed by atoms with van der Waals surface area (Å²) in [6.07, 6.45) is 0.387. The predicted molar refractivity (Wildman–Crippen MR) is 67.4 cm³/mol. The van der Waals surface area contributed by atoms with E-state index in [1.165, 1.54) is 0 Å². The van der Waals surface area contributed by atoms with Crippen molar-refractivity contribution in [2.75, 3.05) is 0 Å². The number of hydrogen-bond donors (Lipinski definition) is 1. The van der Waals surface area contributed by atoms with Crippen LogP contribution in [0.15, 0.2) is 24.3 Å². The topological polar surface area (TPSA) is 68.0 Å². The van der Waals surface area contributed by atoms with Gasteiger partial charge in [0.2, 0.25) is 0 Å². The van der Waals surface area contributed by atoms with Crippen LogP contribution in [0.2, 0.25) is 5.02 Å². The third kappa shape index (κ3) is 2.51. The van der Waals surface area contributed by atoms with Crippen LogP contribution in [0.4, 0.5) is 0 Å². The number of aliphatic carboxylic acids is 1. The average molecular weight is 266 g/mol. The van der Waals surface area contributed by atoms with Crippen molar-refractivity contribution in [1.82, 2.24) is 14.8 Å². The van der Waals surface area contributed by atoms with Crippen LogP contribution in [0.1, 0.15) is 12.2 Å². The Morgan fingerprint density at radius 2 is 2.11 bits per heavy atom. The molecule has 5 nitrogen and oxygen atoms in total. The molecule has 0 aliphatic heterocycles. The van der Waals surface area contributed by atoms with Gasteiger partial charge in [0.1, 0.15) is 5.82 Å². The minimum atomic E-state index is -0.850. The SMILES string of the molecule is Cn1c(CCC(=O)O)nnc1-c1ccccc1Cl. The third-order valence-electron chi connectivity index (χ3n) is 2.64. The van der Waals surface area contributed by atoms with Gasteiger partial charge in [-0.3, -0.25) is 4.79 Å². The molecule has 1 heterocycles. The predicted octanol–water partition coefficient (Wildman–Crippen LogP) is 2.15. The van der Waals surface area contributed by atoms with E-state index in [1.807, 2.05) is 18.2 Å². The number of carboxylic acids is 1. The van der Waals surface area contributed by atoms with Gasteiger partial charge in [-0.2, -0.15) is 0 Å². The Bertz CT molecular complexity index is 580. The highest BCUT2D eigenvalue weighted by Gasteiger charge is 2.13. The van der Waals surface area contributed by atoms with Crippen LogP contribution in [-0.2, 0) is 18.3 Å². The Morgan fingerprint density at radius 3 is 2.78 bits per heavy atom. The van der Waals surface area contributed by atoms with Crippen molar-refractivity contribution in [3.05, 3.63) is 35.1 Å². The van der Waals surface area contributed by atoms with Crippen molar-refractivity contribution >= 4 is 17.6 Å². The summed E-state index contributed by atoms with van der Waals surface area (Å²) < 4.78 is 1.77. The largest absolute Gasteiger partial charge is 0.481 e. The summed E-state index contributed by atoms with van der Waals surface area (Å²) in [7, 11) is 1.80. The Kier molecular flexibility index (Phi) is 3.62. The molecule has 0 unspecified atom stereocenters. The fourth-order valence-corrected chi connectivity index (χ4v) is 1.90. The maximum absolute atomic E-state index is 10.5. The van der Waals surface area contributed by atoms with Crippen LogP contribution in [0.5, 0.6) is 0 Å². The number of nitrogens with zero attached hydrogens (tertiary/aromatic N) is 3. The van der Waals surface area contributed by atoms with Gasteiger partial charge in [0.15, 0.2) is 5.82 Å². The Hall–Kier alpha value is -1.88. The highest BCUT2D eigenvalue weighted by atomic mass is 35.5. The van der Waals surface area contributed by atoms with Gasteiger partial charge in [-0.05, 0) is 12.1 Å². The van der Waals surface area contributed by atoms with E-state index in [1.54, 1.807) is 17.7 Å². The van der Waals surface area contributed by atoms with Crippen LogP contribution in [0.3, 0.4) is 0 Å². The molecule has 0 fully saturated rings. The number of carboxylic acid groups (broad SMARTS) is 1. The first-order chi connectivity index (χ1) is 8.59. The number of aryl methyl sites for hydroxylation is 1. The molecule has 0 amide bonds. The normalized spacial score (nSPS) is 10.6. The number of hydrogen-bond acceptors (Lipinski definition) is 3. The van der Waals surface area contributed by atoms with Crippen molar-refractivity contribution in [3.63, 3.8) is 0 Å². The molecule has 2 aromatic rings. The second-order valence-corrected chi connectivity index (χ2v) is 4.28. The molecule has 0 saturated heterocycles. The molecule has 0 aliphatic rings. The van der Waals surface area contributed by atoms with E-state index >= 15 is 0 Å². The van der Waals surface area contributed by atoms with E-state index in [-0.39, 0.29) is 6.42 Å². The van der Waals surface area contributed by atoms with Gasteiger partial charge in [0.25, 0.3) is 0 Å². The molecular formula is C12H12ClN3O2. The van der Waals surface area contributed by atoms with Gasteiger partial charge in [-0.15, -0.1) is 10.2 Å². The molecule has 1 aromatic heterocycles. The lowest BCUT2D eigenvalue weighted by Gasteiger charge is -2.04. The summed E-state index contributed by atoms with van der Waals surface area (Å²) in [6.45, 7) is 0. The molecule has 2 rings (SSSR count). The second-order valence-electron chi connectivity index (χ2n) is 3.87. The molecule has 0 radical (unpaired) electrons. The van der Waals surface area contributed by atoms with Gasteiger partial charge in [-0.25, -0.2) is 0 Å². The molecule has 0 aliphatic carbocycles. The molecule has 0 spiro atoms. The highest BCUT2D eigenvalue weighted by Crippen LogP contribution is 2.25. The summed E-state index contributed by atoms with van der Waals surface area (Å²) in [5.41, 5.74) is 0.788. The average Bonchev–Trinajstić information content (AvgIpc) is 2.69. The maximum atomic E-state index is 10.5. The maximum Gasteiger partial charge on any atom is 0.303 e. The quantitative estimate of drug-likeness (QED) is 0.920. The first-order valence-electron chi connectivity index (χ1n) is 5.44. The molecule has 0 saturated carbocycles. The zero-order chi connectivity index (χ0) is 13.1. The van der Waals surface area contributed by atoms with E-state index in [0.29, 0.717) is 23.1 Å². The van der Waals surface area contributed by atoms with E-state index in [4.69, 9.17) is 16.7 Å². The van der Waals surface area contributed by atoms with E-state index < -0.39 is 5.97 Å². The van der Waals surface area contributed by atoms with E-state index in [2.05, 4.69) is 10.2 Å². The van der Waals surface area contributed by atoms with Gasteiger partial charge in [0, 0.05) is 19.0 Å². The van der Waals surface area contributed by atoms with E-state index in [0.717, 1.165) is 5.56 Å². The fourth-order valence-electron chi connectivity index (χ4n) is 1.68. The van der Waals surface area contributed by atoms with Crippen LogP contribution in [0.25, 0.3) is 11.4 Å². The van der Waals surface area contributed by atoms with Crippen molar-refractivity contribution in [3.8, 4) is 11.4 Å². The van der Waals surface area contributed by atoms with Crippen LogP contribution >= 0.6 is 11.6 Å². The Balaban J connectivity index is 2.31. The summed E-state index contributed by atoms with van der Waals surface area (Å²) in [4.78, 5) is 10.5. The summed E-state index contributed by atoms with van der Waals surface area (Å²) in [5, 5.41) is 17.3. The lowest BCUT2D eigenvalue weighted by molar-refractivity contribution is -0.137. The minimum Gasteiger partial charge on any atom is -0.481 e. The van der Waals surface area contributed by atoms with Crippen molar-refractivity contribution in [1.29, 1.82) is 0 Å². The standard InChI is InChI=1S/C12H12ClN3O2/c1-16-10(6-7-11(17)18)14-15-12(16)8-4-2-3-5-9(8)13/h2-5H,6-7H2,1H3,(H,17,18). The summed E-state index contributed by atoms with van der Waals surface area (Å²) in [6, 6.07) is 7.34. The van der Waals surface area contributed by atoms with Crippen molar-refractivity contribution < 1.29 is 9.90 Å². The van der Waals surface area contributed by atoms with Gasteiger partial charge in [0.05, 0.1) is 11.4 Å². The highest BCUT2D eigenvalue weighted by molar-refractivity contribution is 6.33. The molecule has 1 aromatic carbocycles. The fraction of sp³-hybridized carbons (Fsp3) is 0.250. The zero-order valence-electron chi connectivity index (χ0n) is 9.80. The van der Waals surface area contributed by atoms with Gasteiger partial charge < -0.3 is 9.67 Å².